The minimum atomic E-state index is -4.62. The van der Waals surface area contributed by atoms with Crippen LogP contribution in [0.4, 0.5) is 4.39 Å². The van der Waals surface area contributed by atoms with Gasteiger partial charge in [-0.1, -0.05) is 59.1 Å². The summed E-state index contributed by atoms with van der Waals surface area (Å²) in [6.45, 7) is -0.481. The molecule has 0 aromatic heterocycles. The van der Waals surface area contributed by atoms with Crippen molar-refractivity contribution in [3.8, 4) is 11.5 Å². The van der Waals surface area contributed by atoms with Crippen LogP contribution in [0.1, 0.15) is 11.1 Å². The molecule has 13 heteroatoms. The van der Waals surface area contributed by atoms with Gasteiger partial charge in [0.05, 0.1) is 49.1 Å². The molecule has 0 fully saturated rings. The molecular weight excluding hydrogens is 608 g/mol. The zero-order valence-electron chi connectivity index (χ0n) is 21.5. The third-order valence-electron chi connectivity index (χ3n) is 5.65. The van der Waals surface area contributed by atoms with E-state index in [1.54, 1.807) is 48.5 Å². The predicted octanol–water partition coefficient (Wildman–Crippen LogP) is 6.53. The summed E-state index contributed by atoms with van der Waals surface area (Å²) in [5.74, 6) is 1.26. The van der Waals surface area contributed by atoms with Crippen LogP contribution in [0.5, 0.6) is 11.5 Å². The number of alkyl halides is 1. The number of nitrogens with one attached hydrogen (secondary N) is 1. The first-order valence-electron chi connectivity index (χ1n) is 11.8. The molecule has 3 aromatic rings. The Kier molecular flexibility index (Phi) is 12.0. The Bertz CT molecular complexity index is 1380. The van der Waals surface area contributed by atoms with Crippen LogP contribution >= 0.6 is 34.8 Å². The van der Waals surface area contributed by atoms with Crippen molar-refractivity contribution in [2.75, 3.05) is 20.8 Å². The van der Waals surface area contributed by atoms with Gasteiger partial charge in [0.1, 0.15) is 28.6 Å². The zero-order valence-corrected chi connectivity index (χ0v) is 24.6. The molecule has 0 saturated carbocycles. The number of hydrogen-bond acceptors (Lipinski definition) is 8. The van der Waals surface area contributed by atoms with Crippen LogP contribution in [0.2, 0.25) is 15.1 Å². The second kappa shape index (κ2) is 15.0. The van der Waals surface area contributed by atoms with Crippen LogP contribution in [-0.2, 0) is 37.0 Å². The van der Waals surface area contributed by atoms with E-state index in [4.69, 9.17) is 63.3 Å². The highest BCUT2D eigenvalue weighted by molar-refractivity contribution is 7.87. The van der Waals surface area contributed by atoms with E-state index < -0.39 is 40.0 Å². The summed E-state index contributed by atoms with van der Waals surface area (Å²) in [6.07, 6.45) is -4.61. The molecule has 0 radical (unpaired) electrons. The lowest BCUT2D eigenvalue weighted by atomic mass is 10.1. The SMILES string of the molecule is COc1ccc(COC[C@@H](OS(=O)(=O)c2cc(Cl)c(Cl)cc2Cl)C(OCc2ccc(OC)cc2)[C@H](F)C=N)cc1. The fourth-order valence-corrected chi connectivity index (χ4v) is 5.56. The fourth-order valence-electron chi connectivity index (χ4n) is 3.52. The number of methoxy groups -OCH3 is 2. The number of halogens is 4. The number of benzene rings is 3. The molecule has 0 aliphatic heterocycles. The lowest BCUT2D eigenvalue weighted by Gasteiger charge is -2.28. The quantitative estimate of drug-likeness (QED) is 0.115. The zero-order chi connectivity index (χ0) is 29.3. The molecule has 1 N–H and O–H groups in total. The predicted molar refractivity (Wildman–Crippen MR) is 151 cm³/mol. The highest BCUT2D eigenvalue weighted by atomic mass is 35.5. The molecule has 3 rings (SSSR count). The second-order valence-electron chi connectivity index (χ2n) is 8.38. The average Bonchev–Trinajstić information content (AvgIpc) is 2.95. The van der Waals surface area contributed by atoms with Crippen LogP contribution in [0, 0.1) is 5.41 Å². The molecule has 0 heterocycles. The Morgan fingerprint density at radius 2 is 1.38 bits per heavy atom. The first kappa shape index (κ1) is 32.1. The smallest absolute Gasteiger partial charge is 0.298 e. The van der Waals surface area contributed by atoms with Crippen molar-refractivity contribution in [1.82, 2.24) is 0 Å². The summed E-state index contributed by atoms with van der Waals surface area (Å²) in [4.78, 5) is -0.470. The molecule has 0 bridgehead atoms. The van der Waals surface area contributed by atoms with Gasteiger partial charge in [-0.25, -0.2) is 4.39 Å². The Labute approximate surface area is 247 Å². The summed E-state index contributed by atoms with van der Waals surface area (Å²) in [7, 11) is -1.56. The van der Waals surface area contributed by atoms with Crippen molar-refractivity contribution in [3.63, 3.8) is 0 Å². The molecule has 3 atom stereocenters. The first-order chi connectivity index (χ1) is 19.1. The largest absolute Gasteiger partial charge is 0.497 e. The maximum absolute atomic E-state index is 15.1. The average molecular weight is 635 g/mol. The van der Waals surface area contributed by atoms with Crippen molar-refractivity contribution in [2.45, 2.75) is 36.5 Å². The standard InChI is InChI=1S/C27H27Cl3FNO7S/c1-35-19-7-3-17(4-8-19)14-37-16-25(39-40(33,34)26-12-22(29)21(28)11-23(26)30)27(24(31)13-32)38-15-18-5-9-20(36-2)10-6-18/h3-13,24-25,27,32H,14-16H2,1-2H3/t24-,25-,27?/m1/s1. The summed E-state index contributed by atoms with van der Waals surface area (Å²) >= 11 is 18.1. The van der Waals surface area contributed by atoms with E-state index in [-0.39, 0.29) is 28.3 Å². The van der Waals surface area contributed by atoms with Crippen LogP contribution in [0.25, 0.3) is 0 Å². The highest BCUT2D eigenvalue weighted by Crippen LogP contribution is 2.33. The van der Waals surface area contributed by atoms with Crippen molar-refractivity contribution >= 4 is 51.1 Å². The Morgan fingerprint density at radius 3 is 1.90 bits per heavy atom. The van der Waals surface area contributed by atoms with Crippen LogP contribution < -0.4 is 9.47 Å². The molecular formula is C27H27Cl3FNO7S. The molecule has 0 spiro atoms. The number of hydrogen-bond donors (Lipinski definition) is 1. The molecule has 3 aromatic carbocycles. The van der Waals surface area contributed by atoms with Crippen LogP contribution in [0.15, 0.2) is 65.6 Å². The third kappa shape index (κ3) is 8.78. The Hall–Kier alpha value is -2.44. The van der Waals surface area contributed by atoms with Crippen molar-refractivity contribution < 1.29 is 35.9 Å². The van der Waals surface area contributed by atoms with Gasteiger partial charge in [-0.2, -0.15) is 8.42 Å². The Balaban J connectivity index is 1.87. The maximum Gasteiger partial charge on any atom is 0.298 e. The summed E-state index contributed by atoms with van der Waals surface area (Å²) in [6, 6.07) is 16.0. The first-order valence-corrected chi connectivity index (χ1v) is 14.3. The van der Waals surface area contributed by atoms with E-state index in [0.717, 1.165) is 17.7 Å². The molecule has 0 saturated heterocycles. The van der Waals surface area contributed by atoms with E-state index in [2.05, 4.69) is 0 Å². The third-order valence-corrected chi connectivity index (χ3v) is 8.17. The summed E-state index contributed by atoms with van der Waals surface area (Å²) < 4.78 is 68.8. The fraction of sp³-hybridized carbons (Fsp3) is 0.296. The van der Waals surface area contributed by atoms with Gasteiger partial charge in [-0.05, 0) is 47.5 Å². The van der Waals surface area contributed by atoms with E-state index in [1.165, 1.54) is 14.2 Å². The minimum Gasteiger partial charge on any atom is -0.497 e. The van der Waals surface area contributed by atoms with Crippen molar-refractivity contribution in [1.29, 1.82) is 5.41 Å². The van der Waals surface area contributed by atoms with Gasteiger partial charge in [-0.3, -0.25) is 4.18 Å². The van der Waals surface area contributed by atoms with E-state index in [9.17, 15) is 8.42 Å². The molecule has 40 heavy (non-hydrogen) atoms. The number of rotatable bonds is 15. The van der Waals surface area contributed by atoms with Gasteiger partial charge in [0.2, 0.25) is 0 Å². The van der Waals surface area contributed by atoms with Gasteiger partial charge >= 0.3 is 0 Å². The summed E-state index contributed by atoms with van der Waals surface area (Å²) in [5.41, 5.74) is 1.39. The van der Waals surface area contributed by atoms with Gasteiger partial charge in [0.15, 0.2) is 6.17 Å². The lowest BCUT2D eigenvalue weighted by Crippen LogP contribution is -2.44. The van der Waals surface area contributed by atoms with Gasteiger partial charge in [0, 0.05) is 6.21 Å². The van der Waals surface area contributed by atoms with Gasteiger partial charge < -0.3 is 24.4 Å². The van der Waals surface area contributed by atoms with Gasteiger partial charge in [-0.15, -0.1) is 0 Å². The van der Waals surface area contributed by atoms with Crippen molar-refractivity contribution in [2.24, 2.45) is 0 Å². The second-order valence-corrected chi connectivity index (χ2v) is 11.1. The normalized spacial score (nSPS) is 13.8. The number of ether oxygens (including phenoxy) is 4. The molecule has 0 aliphatic rings. The maximum atomic E-state index is 15.1. The molecule has 216 valence electrons. The topological polar surface area (TPSA) is 104 Å². The lowest BCUT2D eigenvalue weighted by molar-refractivity contribution is -0.0852. The van der Waals surface area contributed by atoms with E-state index in [0.29, 0.717) is 23.3 Å². The molecule has 1 unspecified atom stereocenters. The van der Waals surface area contributed by atoms with E-state index >= 15 is 4.39 Å². The molecule has 0 amide bonds. The van der Waals surface area contributed by atoms with Gasteiger partial charge in [0.25, 0.3) is 10.1 Å². The van der Waals surface area contributed by atoms with Crippen LogP contribution in [0.3, 0.4) is 0 Å². The molecule has 0 aliphatic carbocycles. The van der Waals surface area contributed by atoms with Crippen LogP contribution in [-0.4, -0.2) is 53.8 Å². The van der Waals surface area contributed by atoms with E-state index in [1.807, 2.05) is 0 Å². The molecule has 8 nitrogen and oxygen atoms in total. The monoisotopic (exact) mass is 633 g/mol. The highest BCUT2D eigenvalue weighted by Gasteiger charge is 2.36. The summed E-state index contributed by atoms with van der Waals surface area (Å²) in [5, 5.41) is 7.22. The minimum absolute atomic E-state index is 0.0401. The van der Waals surface area contributed by atoms with Crippen molar-refractivity contribution in [3.05, 3.63) is 86.9 Å². The Morgan fingerprint density at radius 1 is 0.850 bits per heavy atom.